The summed E-state index contributed by atoms with van der Waals surface area (Å²) in [5, 5.41) is 12.6. The zero-order chi connectivity index (χ0) is 13.8. The first-order valence-corrected chi connectivity index (χ1v) is 6.71. The molecule has 0 saturated heterocycles. The standard InChI is InChI=1S/C13H17ClN2O3/c1-2-19-13(18)10-6-15-12(14)5-11(10)16-9-3-8(4-9)7-17/h5-6,8-9,17H,2-4,7H2,1H3,(H,15,16)/t8-,9-. The summed E-state index contributed by atoms with van der Waals surface area (Å²) in [7, 11) is 0. The molecular formula is C13H17ClN2O3. The molecule has 6 heteroatoms. The second-order valence-corrected chi connectivity index (χ2v) is 5.02. The van der Waals surface area contributed by atoms with Crippen molar-refractivity contribution in [3.05, 3.63) is 23.0 Å². The number of hydrogen-bond acceptors (Lipinski definition) is 5. The fourth-order valence-electron chi connectivity index (χ4n) is 2.14. The molecule has 0 amide bonds. The van der Waals surface area contributed by atoms with E-state index in [4.69, 9.17) is 21.4 Å². The van der Waals surface area contributed by atoms with E-state index >= 15 is 0 Å². The molecule has 0 bridgehead atoms. The lowest BCUT2D eigenvalue weighted by Crippen LogP contribution is -2.37. The number of aliphatic hydroxyl groups excluding tert-OH is 1. The molecule has 0 aromatic carbocycles. The van der Waals surface area contributed by atoms with Crippen molar-refractivity contribution in [2.75, 3.05) is 18.5 Å². The van der Waals surface area contributed by atoms with Gasteiger partial charge in [0, 0.05) is 18.8 Å². The van der Waals surface area contributed by atoms with Crippen molar-refractivity contribution in [1.82, 2.24) is 4.98 Å². The van der Waals surface area contributed by atoms with E-state index in [0.29, 0.717) is 28.9 Å². The largest absolute Gasteiger partial charge is 0.462 e. The summed E-state index contributed by atoms with van der Waals surface area (Å²) in [4.78, 5) is 15.7. The van der Waals surface area contributed by atoms with Crippen molar-refractivity contribution >= 4 is 23.3 Å². The van der Waals surface area contributed by atoms with Crippen molar-refractivity contribution < 1.29 is 14.6 Å². The molecule has 1 heterocycles. The molecule has 0 atom stereocenters. The molecule has 2 N–H and O–H groups in total. The molecule has 1 saturated carbocycles. The Morgan fingerprint density at radius 2 is 2.37 bits per heavy atom. The number of ether oxygens (including phenoxy) is 1. The Hall–Kier alpha value is -1.33. The number of halogens is 1. The molecule has 1 aliphatic rings. The summed E-state index contributed by atoms with van der Waals surface area (Å²) in [5.41, 5.74) is 1.03. The van der Waals surface area contributed by atoms with Crippen LogP contribution in [0.4, 0.5) is 5.69 Å². The highest BCUT2D eigenvalue weighted by Crippen LogP contribution is 2.31. The van der Waals surface area contributed by atoms with Crippen LogP contribution < -0.4 is 5.32 Å². The van der Waals surface area contributed by atoms with Gasteiger partial charge in [0.15, 0.2) is 0 Å². The van der Waals surface area contributed by atoms with Crippen LogP contribution in [0.2, 0.25) is 5.15 Å². The van der Waals surface area contributed by atoms with Crippen LogP contribution in [0.3, 0.4) is 0 Å². The molecule has 1 aromatic rings. The Morgan fingerprint density at radius 1 is 1.63 bits per heavy atom. The average molecular weight is 285 g/mol. The molecule has 19 heavy (non-hydrogen) atoms. The molecule has 1 aliphatic carbocycles. The topological polar surface area (TPSA) is 71.5 Å². The summed E-state index contributed by atoms with van der Waals surface area (Å²) in [6, 6.07) is 1.88. The van der Waals surface area contributed by atoms with Crippen molar-refractivity contribution in [1.29, 1.82) is 0 Å². The minimum absolute atomic E-state index is 0.208. The predicted molar refractivity (Wildman–Crippen MR) is 72.4 cm³/mol. The first-order valence-electron chi connectivity index (χ1n) is 6.34. The molecule has 1 aromatic heterocycles. The van der Waals surface area contributed by atoms with Gasteiger partial charge in [0.25, 0.3) is 0 Å². The van der Waals surface area contributed by atoms with Crippen LogP contribution in [0, 0.1) is 5.92 Å². The maximum absolute atomic E-state index is 11.8. The van der Waals surface area contributed by atoms with Crippen molar-refractivity contribution in [3.8, 4) is 0 Å². The van der Waals surface area contributed by atoms with Gasteiger partial charge >= 0.3 is 5.97 Å². The number of nitrogens with zero attached hydrogens (tertiary/aromatic N) is 1. The van der Waals surface area contributed by atoms with E-state index in [9.17, 15) is 4.79 Å². The number of anilines is 1. The molecule has 2 rings (SSSR count). The van der Waals surface area contributed by atoms with Crippen LogP contribution >= 0.6 is 11.6 Å². The lowest BCUT2D eigenvalue weighted by atomic mass is 9.81. The van der Waals surface area contributed by atoms with E-state index in [1.165, 1.54) is 6.20 Å². The van der Waals surface area contributed by atoms with E-state index in [1.54, 1.807) is 13.0 Å². The van der Waals surface area contributed by atoms with Crippen molar-refractivity contribution in [2.45, 2.75) is 25.8 Å². The number of carbonyl (C=O) groups is 1. The number of hydrogen-bond donors (Lipinski definition) is 2. The van der Waals surface area contributed by atoms with Crippen LogP contribution in [-0.2, 0) is 4.74 Å². The zero-order valence-electron chi connectivity index (χ0n) is 10.7. The van der Waals surface area contributed by atoms with Gasteiger partial charge in [-0.2, -0.15) is 0 Å². The minimum Gasteiger partial charge on any atom is -0.462 e. The highest BCUT2D eigenvalue weighted by molar-refractivity contribution is 6.29. The Bertz CT molecular complexity index is 461. The van der Waals surface area contributed by atoms with Crippen molar-refractivity contribution in [3.63, 3.8) is 0 Å². The van der Waals surface area contributed by atoms with Crippen LogP contribution in [0.5, 0.6) is 0 Å². The fraction of sp³-hybridized carbons (Fsp3) is 0.538. The second kappa shape index (κ2) is 6.21. The molecule has 0 aliphatic heterocycles. The summed E-state index contributed by atoms with van der Waals surface area (Å²) in [6.45, 7) is 2.28. The molecule has 0 spiro atoms. The number of aliphatic hydroxyl groups is 1. The third-order valence-corrected chi connectivity index (χ3v) is 3.43. The molecule has 0 unspecified atom stereocenters. The molecule has 1 fully saturated rings. The number of pyridine rings is 1. The SMILES string of the molecule is CCOC(=O)c1cnc(Cl)cc1N[C@H]1C[C@H](CO)C1. The van der Waals surface area contributed by atoms with E-state index in [0.717, 1.165) is 12.8 Å². The van der Waals surface area contributed by atoms with Gasteiger partial charge in [-0.15, -0.1) is 0 Å². The number of rotatable bonds is 5. The van der Waals surface area contributed by atoms with Crippen LogP contribution in [0.15, 0.2) is 12.3 Å². The van der Waals surface area contributed by atoms with E-state index in [2.05, 4.69) is 10.3 Å². The van der Waals surface area contributed by atoms with Gasteiger partial charge in [0.2, 0.25) is 0 Å². The van der Waals surface area contributed by atoms with E-state index in [-0.39, 0.29) is 12.6 Å². The van der Waals surface area contributed by atoms with E-state index in [1.807, 2.05) is 0 Å². The van der Waals surface area contributed by atoms with Gasteiger partial charge < -0.3 is 15.2 Å². The quantitative estimate of drug-likeness (QED) is 0.640. The number of carbonyl (C=O) groups excluding carboxylic acids is 1. The maximum atomic E-state index is 11.8. The maximum Gasteiger partial charge on any atom is 0.341 e. The third-order valence-electron chi connectivity index (χ3n) is 3.22. The van der Waals surface area contributed by atoms with Gasteiger partial charge in [-0.3, -0.25) is 0 Å². The summed E-state index contributed by atoms with van der Waals surface area (Å²) in [6.07, 6.45) is 3.20. The van der Waals surface area contributed by atoms with Crippen molar-refractivity contribution in [2.24, 2.45) is 5.92 Å². The van der Waals surface area contributed by atoms with Gasteiger partial charge in [0.1, 0.15) is 10.7 Å². The smallest absolute Gasteiger partial charge is 0.341 e. The van der Waals surface area contributed by atoms with Crippen LogP contribution in [0.25, 0.3) is 0 Å². The number of esters is 1. The Kier molecular flexibility index (Phi) is 4.61. The average Bonchev–Trinajstić information content (AvgIpc) is 2.33. The third kappa shape index (κ3) is 3.36. The second-order valence-electron chi connectivity index (χ2n) is 4.63. The van der Waals surface area contributed by atoms with Gasteiger partial charge in [-0.05, 0) is 31.7 Å². The lowest BCUT2D eigenvalue weighted by molar-refractivity contribution is 0.0526. The first-order chi connectivity index (χ1) is 9.13. The van der Waals surface area contributed by atoms with Crippen LogP contribution in [0.1, 0.15) is 30.1 Å². The Labute approximate surface area is 116 Å². The summed E-state index contributed by atoms with van der Waals surface area (Å²) >= 11 is 5.86. The van der Waals surface area contributed by atoms with E-state index < -0.39 is 5.97 Å². The highest BCUT2D eigenvalue weighted by Gasteiger charge is 2.29. The fourth-order valence-corrected chi connectivity index (χ4v) is 2.30. The predicted octanol–water partition coefficient (Wildman–Crippen LogP) is 2.09. The lowest BCUT2D eigenvalue weighted by Gasteiger charge is -2.35. The van der Waals surface area contributed by atoms with Gasteiger partial charge in [0.05, 0.1) is 12.3 Å². The zero-order valence-corrected chi connectivity index (χ0v) is 11.5. The minimum atomic E-state index is -0.410. The van der Waals surface area contributed by atoms with Gasteiger partial charge in [-0.1, -0.05) is 11.6 Å². The molecule has 5 nitrogen and oxygen atoms in total. The van der Waals surface area contributed by atoms with Gasteiger partial charge in [-0.25, -0.2) is 9.78 Å². The summed E-state index contributed by atoms with van der Waals surface area (Å²) in [5.74, 6) is -0.0620. The number of nitrogens with one attached hydrogen (secondary N) is 1. The first kappa shape index (κ1) is 14.1. The Balaban J connectivity index is 2.09. The normalized spacial score (nSPS) is 21.6. The Morgan fingerprint density at radius 3 is 3.00 bits per heavy atom. The molecular weight excluding hydrogens is 268 g/mol. The van der Waals surface area contributed by atoms with Crippen LogP contribution in [-0.4, -0.2) is 35.3 Å². The molecule has 104 valence electrons. The molecule has 0 radical (unpaired) electrons. The highest BCUT2D eigenvalue weighted by atomic mass is 35.5. The number of aromatic nitrogens is 1. The monoisotopic (exact) mass is 284 g/mol. The summed E-state index contributed by atoms with van der Waals surface area (Å²) < 4.78 is 4.98.